The van der Waals surface area contributed by atoms with Gasteiger partial charge in [-0.1, -0.05) is 17.9 Å². The number of hydrogen-bond donors (Lipinski definition) is 1. The Morgan fingerprint density at radius 1 is 1.29 bits per heavy atom. The maximum atomic E-state index is 12.1. The SMILES string of the molecule is Cc1ccc(C(=O)NCC#Cc2ccc(N3CCOC3=O)cc2)cc1[N+](=O)[O-]. The molecule has 142 valence electrons. The first-order valence-corrected chi connectivity index (χ1v) is 8.52. The van der Waals surface area contributed by atoms with E-state index < -0.39 is 10.8 Å². The van der Waals surface area contributed by atoms with Crippen LogP contribution in [0.3, 0.4) is 0 Å². The van der Waals surface area contributed by atoms with Crippen molar-refractivity contribution in [3.63, 3.8) is 0 Å². The second kappa shape index (κ2) is 8.22. The van der Waals surface area contributed by atoms with E-state index in [2.05, 4.69) is 17.2 Å². The Labute approximate surface area is 161 Å². The highest BCUT2D eigenvalue weighted by atomic mass is 16.6. The van der Waals surface area contributed by atoms with Gasteiger partial charge in [0.25, 0.3) is 11.6 Å². The van der Waals surface area contributed by atoms with E-state index in [1.54, 1.807) is 31.2 Å². The minimum absolute atomic E-state index is 0.0966. The van der Waals surface area contributed by atoms with E-state index in [0.29, 0.717) is 18.7 Å². The lowest BCUT2D eigenvalue weighted by Gasteiger charge is -2.11. The molecule has 0 aliphatic carbocycles. The average molecular weight is 379 g/mol. The van der Waals surface area contributed by atoms with Crippen molar-refractivity contribution in [1.82, 2.24) is 5.32 Å². The van der Waals surface area contributed by atoms with Crippen LogP contribution in [0.25, 0.3) is 0 Å². The third-order valence-corrected chi connectivity index (χ3v) is 4.18. The van der Waals surface area contributed by atoms with Crippen molar-refractivity contribution in [2.45, 2.75) is 6.92 Å². The minimum Gasteiger partial charge on any atom is -0.447 e. The summed E-state index contributed by atoms with van der Waals surface area (Å²) in [4.78, 5) is 35.6. The van der Waals surface area contributed by atoms with Gasteiger partial charge in [-0.3, -0.25) is 19.8 Å². The van der Waals surface area contributed by atoms with Crippen LogP contribution in [-0.4, -0.2) is 36.6 Å². The van der Waals surface area contributed by atoms with Crippen molar-refractivity contribution < 1.29 is 19.2 Å². The normalized spacial score (nSPS) is 12.8. The van der Waals surface area contributed by atoms with E-state index in [9.17, 15) is 19.7 Å². The third-order valence-electron chi connectivity index (χ3n) is 4.18. The fraction of sp³-hybridized carbons (Fsp3) is 0.200. The number of benzene rings is 2. The molecule has 1 aliphatic rings. The molecular formula is C20H17N3O5. The predicted molar refractivity (Wildman–Crippen MR) is 102 cm³/mol. The van der Waals surface area contributed by atoms with Crippen LogP contribution >= 0.6 is 0 Å². The molecule has 28 heavy (non-hydrogen) atoms. The summed E-state index contributed by atoms with van der Waals surface area (Å²) in [7, 11) is 0. The van der Waals surface area contributed by atoms with Crippen LogP contribution in [0.15, 0.2) is 42.5 Å². The van der Waals surface area contributed by atoms with Gasteiger partial charge in [-0.2, -0.15) is 0 Å². The van der Waals surface area contributed by atoms with Crippen LogP contribution in [0.1, 0.15) is 21.5 Å². The molecule has 0 atom stereocenters. The Balaban J connectivity index is 1.58. The minimum atomic E-state index is -0.516. The highest BCUT2D eigenvalue weighted by Gasteiger charge is 2.23. The molecule has 2 amide bonds. The number of nitro benzene ring substituents is 1. The number of aryl methyl sites for hydroxylation is 1. The molecule has 0 bridgehead atoms. The first-order chi connectivity index (χ1) is 13.5. The maximum absolute atomic E-state index is 12.1. The Morgan fingerprint density at radius 2 is 2.04 bits per heavy atom. The molecule has 0 aromatic heterocycles. The van der Waals surface area contributed by atoms with E-state index in [4.69, 9.17) is 4.74 Å². The predicted octanol–water partition coefficient (Wildman–Crippen LogP) is 2.64. The zero-order valence-electron chi connectivity index (χ0n) is 15.1. The number of rotatable bonds is 4. The Kier molecular flexibility index (Phi) is 5.56. The number of hydrogen-bond acceptors (Lipinski definition) is 5. The molecule has 0 saturated carbocycles. The Hall–Kier alpha value is -3.86. The summed E-state index contributed by atoms with van der Waals surface area (Å²) in [6, 6.07) is 11.4. The first kappa shape index (κ1) is 18.9. The number of amides is 2. The molecule has 1 heterocycles. The zero-order chi connectivity index (χ0) is 20.1. The van der Waals surface area contributed by atoms with Crippen LogP contribution in [-0.2, 0) is 4.74 Å². The lowest BCUT2D eigenvalue weighted by Crippen LogP contribution is -2.23. The van der Waals surface area contributed by atoms with Gasteiger partial charge in [0.2, 0.25) is 0 Å². The van der Waals surface area contributed by atoms with Crippen LogP contribution in [0.5, 0.6) is 0 Å². The summed E-state index contributed by atoms with van der Waals surface area (Å²) in [6.07, 6.45) is -0.363. The smallest absolute Gasteiger partial charge is 0.414 e. The van der Waals surface area contributed by atoms with Gasteiger partial charge in [0.15, 0.2) is 0 Å². The van der Waals surface area contributed by atoms with Gasteiger partial charge < -0.3 is 10.1 Å². The third kappa shape index (κ3) is 4.27. The quantitative estimate of drug-likeness (QED) is 0.500. The highest BCUT2D eigenvalue weighted by Crippen LogP contribution is 2.20. The molecule has 1 fully saturated rings. The van der Waals surface area contributed by atoms with E-state index in [0.717, 1.165) is 11.3 Å². The van der Waals surface area contributed by atoms with Crippen molar-refractivity contribution in [2.75, 3.05) is 24.6 Å². The van der Waals surface area contributed by atoms with Crippen LogP contribution in [0, 0.1) is 28.9 Å². The van der Waals surface area contributed by atoms with Crippen molar-refractivity contribution in [3.8, 4) is 11.8 Å². The van der Waals surface area contributed by atoms with Gasteiger partial charge in [-0.25, -0.2) is 4.79 Å². The summed E-state index contributed by atoms with van der Waals surface area (Å²) in [6.45, 7) is 2.61. The molecule has 3 rings (SSSR count). The number of carbonyl (C=O) groups is 2. The standard InChI is InChI=1S/C20H17N3O5/c1-14-4-7-16(13-18(14)23(26)27)19(24)21-10-2-3-15-5-8-17(9-6-15)22-11-12-28-20(22)25/h4-9,13H,10-12H2,1H3,(H,21,24). The summed E-state index contributed by atoms with van der Waals surface area (Å²) < 4.78 is 4.90. The lowest BCUT2D eigenvalue weighted by atomic mass is 10.1. The number of anilines is 1. The fourth-order valence-corrected chi connectivity index (χ4v) is 2.67. The van der Waals surface area contributed by atoms with Crippen molar-refractivity contribution in [2.24, 2.45) is 0 Å². The number of carbonyl (C=O) groups excluding carboxylic acids is 2. The monoisotopic (exact) mass is 379 g/mol. The second-order valence-corrected chi connectivity index (χ2v) is 6.06. The molecule has 2 aromatic rings. The molecule has 1 aliphatic heterocycles. The fourth-order valence-electron chi connectivity index (χ4n) is 2.67. The highest BCUT2D eigenvalue weighted by molar-refractivity contribution is 5.95. The number of nitrogens with zero attached hydrogens (tertiary/aromatic N) is 2. The molecule has 0 spiro atoms. The van der Waals surface area contributed by atoms with Gasteiger partial charge in [0.05, 0.1) is 18.0 Å². The molecule has 2 aromatic carbocycles. The van der Waals surface area contributed by atoms with Crippen molar-refractivity contribution >= 4 is 23.4 Å². The number of ether oxygens (including phenoxy) is 1. The average Bonchev–Trinajstić information content (AvgIpc) is 3.11. The van der Waals surface area contributed by atoms with Crippen molar-refractivity contribution in [1.29, 1.82) is 0 Å². The topological polar surface area (TPSA) is 102 Å². The summed E-state index contributed by atoms with van der Waals surface area (Å²) in [5, 5.41) is 13.6. The van der Waals surface area contributed by atoms with Crippen molar-refractivity contribution in [3.05, 3.63) is 69.3 Å². The molecule has 8 heteroatoms. The van der Waals surface area contributed by atoms with E-state index in [1.807, 2.05) is 0 Å². The Morgan fingerprint density at radius 3 is 2.68 bits per heavy atom. The second-order valence-electron chi connectivity index (χ2n) is 6.06. The summed E-state index contributed by atoms with van der Waals surface area (Å²) in [5.41, 5.74) is 2.08. The number of nitrogens with one attached hydrogen (secondary N) is 1. The van der Waals surface area contributed by atoms with Gasteiger partial charge in [-0.05, 0) is 37.3 Å². The lowest BCUT2D eigenvalue weighted by molar-refractivity contribution is -0.385. The molecular weight excluding hydrogens is 362 g/mol. The number of cyclic esters (lactones) is 1. The first-order valence-electron chi connectivity index (χ1n) is 8.52. The molecule has 1 N–H and O–H groups in total. The van der Waals surface area contributed by atoms with Gasteiger partial charge in [0.1, 0.15) is 6.61 Å². The zero-order valence-corrected chi connectivity index (χ0v) is 15.1. The van der Waals surface area contributed by atoms with Crippen LogP contribution < -0.4 is 10.2 Å². The molecule has 0 unspecified atom stereocenters. The van der Waals surface area contributed by atoms with E-state index in [-0.39, 0.29) is 23.9 Å². The number of nitro groups is 1. The largest absolute Gasteiger partial charge is 0.447 e. The summed E-state index contributed by atoms with van der Waals surface area (Å²) >= 11 is 0. The van der Waals surface area contributed by atoms with Crippen LogP contribution in [0.4, 0.5) is 16.2 Å². The van der Waals surface area contributed by atoms with Gasteiger partial charge in [0, 0.05) is 28.4 Å². The van der Waals surface area contributed by atoms with Crippen LogP contribution in [0.2, 0.25) is 0 Å². The molecule has 8 nitrogen and oxygen atoms in total. The maximum Gasteiger partial charge on any atom is 0.414 e. The molecule has 0 radical (unpaired) electrons. The van der Waals surface area contributed by atoms with Gasteiger partial charge in [-0.15, -0.1) is 0 Å². The molecule has 1 saturated heterocycles. The summed E-state index contributed by atoms with van der Waals surface area (Å²) in [5.74, 6) is 5.31. The van der Waals surface area contributed by atoms with E-state index in [1.165, 1.54) is 23.1 Å². The van der Waals surface area contributed by atoms with Gasteiger partial charge >= 0.3 is 6.09 Å². The Bertz CT molecular complexity index is 989. The van der Waals surface area contributed by atoms with E-state index >= 15 is 0 Å².